The highest BCUT2D eigenvalue weighted by Gasteiger charge is 2.32. The molecule has 6 heteroatoms. The molecule has 1 aliphatic rings. The van der Waals surface area contributed by atoms with Gasteiger partial charge in [-0.2, -0.15) is 4.31 Å². The fraction of sp³-hybridized carbons (Fsp3) is 0.556. The second kappa shape index (κ2) is 3.86. The average Bonchev–Trinajstić information content (AvgIpc) is 2.67. The molecule has 0 bridgehead atoms. The van der Waals surface area contributed by atoms with Crippen molar-refractivity contribution in [1.29, 1.82) is 0 Å². The van der Waals surface area contributed by atoms with Crippen molar-refractivity contribution >= 4 is 10.0 Å². The van der Waals surface area contributed by atoms with Gasteiger partial charge in [-0.1, -0.05) is 0 Å². The molecule has 0 radical (unpaired) electrons. The molecule has 1 aromatic rings. The lowest BCUT2D eigenvalue weighted by Gasteiger charge is -2.21. The third kappa shape index (κ3) is 2.15. The number of hydrogen-bond acceptors (Lipinski definition) is 4. The summed E-state index contributed by atoms with van der Waals surface area (Å²) in [6, 6.07) is -0.0822. The predicted octanol–water partition coefficient (Wildman–Crippen LogP) is 0.573. The maximum atomic E-state index is 11.5. The van der Waals surface area contributed by atoms with Crippen molar-refractivity contribution in [3.05, 3.63) is 24.3 Å². The van der Waals surface area contributed by atoms with Crippen LogP contribution in [0.1, 0.15) is 24.4 Å². The zero-order valence-electron chi connectivity index (χ0n) is 8.50. The molecule has 1 aromatic heterocycles. The van der Waals surface area contributed by atoms with Gasteiger partial charge in [-0.15, -0.1) is 0 Å². The third-order valence-electron chi connectivity index (χ3n) is 2.59. The molecule has 0 amide bonds. The van der Waals surface area contributed by atoms with Crippen molar-refractivity contribution in [3.8, 4) is 0 Å². The Balaban J connectivity index is 2.30. The quantitative estimate of drug-likeness (QED) is 0.741. The number of aromatic nitrogens is 2. The first-order chi connectivity index (χ1) is 7.09. The van der Waals surface area contributed by atoms with E-state index in [0.717, 1.165) is 18.4 Å². The molecule has 1 unspecified atom stereocenters. The molecule has 0 aromatic carbocycles. The Hall–Kier alpha value is -1.01. The van der Waals surface area contributed by atoms with E-state index in [4.69, 9.17) is 0 Å². The minimum absolute atomic E-state index is 0.0822. The van der Waals surface area contributed by atoms with Gasteiger partial charge in [0.15, 0.2) is 0 Å². The molecule has 2 rings (SSSR count). The molecule has 0 saturated carbocycles. The van der Waals surface area contributed by atoms with Crippen LogP contribution in [-0.2, 0) is 10.0 Å². The lowest BCUT2D eigenvalue weighted by Crippen LogP contribution is -2.29. The molecule has 0 spiro atoms. The standard InChI is InChI=1S/C9H13N3O2S/c1-15(13,14)12-4-2-3-9(12)8-5-10-7-11-6-8/h5-7,9H,2-4H2,1H3. The Morgan fingerprint density at radius 1 is 1.40 bits per heavy atom. The van der Waals surface area contributed by atoms with Crippen molar-refractivity contribution < 1.29 is 8.42 Å². The van der Waals surface area contributed by atoms with E-state index < -0.39 is 10.0 Å². The van der Waals surface area contributed by atoms with Gasteiger partial charge in [-0.3, -0.25) is 0 Å². The van der Waals surface area contributed by atoms with Gasteiger partial charge in [0.2, 0.25) is 10.0 Å². The van der Waals surface area contributed by atoms with Crippen LogP contribution in [-0.4, -0.2) is 35.5 Å². The highest BCUT2D eigenvalue weighted by Crippen LogP contribution is 2.32. The van der Waals surface area contributed by atoms with Crippen LogP contribution in [0.4, 0.5) is 0 Å². The first-order valence-electron chi connectivity index (χ1n) is 4.81. The van der Waals surface area contributed by atoms with Crippen LogP contribution >= 0.6 is 0 Å². The van der Waals surface area contributed by atoms with Crippen molar-refractivity contribution in [1.82, 2.24) is 14.3 Å². The maximum absolute atomic E-state index is 11.5. The molecule has 1 atom stereocenters. The zero-order valence-corrected chi connectivity index (χ0v) is 9.31. The molecule has 0 N–H and O–H groups in total. The number of hydrogen-bond donors (Lipinski definition) is 0. The first kappa shape index (κ1) is 10.5. The highest BCUT2D eigenvalue weighted by molar-refractivity contribution is 7.88. The van der Waals surface area contributed by atoms with Crippen molar-refractivity contribution in [2.24, 2.45) is 0 Å². The SMILES string of the molecule is CS(=O)(=O)N1CCCC1c1cncnc1. The lowest BCUT2D eigenvalue weighted by molar-refractivity contribution is 0.399. The van der Waals surface area contributed by atoms with Crippen LogP contribution < -0.4 is 0 Å². The van der Waals surface area contributed by atoms with E-state index in [1.807, 2.05) is 0 Å². The second-order valence-electron chi connectivity index (χ2n) is 3.70. The second-order valence-corrected chi connectivity index (χ2v) is 5.64. The Labute approximate surface area is 89.2 Å². The van der Waals surface area contributed by atoms with E-state index in [1.54, 1.807) is 12.4 Å². The van der Waals surface area contributed by atoms with E-state index in [-0.39, 0.29) is 6.04 Å². The van der Waals surface area contributed by atoms with E-state index in [2.05, 4.69) is 9.97 Å². The Morgan fingerprint density at radius 3 is 2.67 bits per heavy atom. The van der Waals surface area contributed by atoms with Crippen molar-refractivity contribution in [2.75, 3.05) is 12.8 Å². The minimum atomic E-state index is -3.12. The van der Waals surface area contributed by atoms with Crippen molar-refractivity contribution in [2.45, 2.75) is 18.9 Å². The average molecular weight is 227 g/mol. The number of nitrogens with zero attached hydrogens (tertiary/aromatic N) is 3. The van der Waals surface area contributed by atoms with Crippen LogP contribution in [0.3, 0.4) is 0 Å². The fourth-order valence-corrected chi connectivity index (χ4v) is 3.10. The molecule has 0 aliphatic carbocycles. The summed E-state index contributed by atoms with van der Waals surface area (Å²) >= 11 is 0. The van der Waals surface area contributed by atoms with E-state index >= 15 is 0 Å². The van der Waals surface area contributed by atoms with Gasteiger partial charge >= 0.3 is 0 Å². The molecule has 1 saturated heterocycles. The van der Waals surface area contributed by atoms with Gasteiger partial charge in [0.05, 0.1) is 12.3 Å². The Kier molecular flexibility index (Phi) is 2.70. The summed E-state index contributed by atoms with van der Waals surface area (Å²) in [5.41, 5.74) is 0.875. The molecule has 2 heterocycles. The van der Waals surface area contributed by atoms with Gasteiger partial charge in [0.25, 0.3) is 0 Å². The highest BCUT2D eigenvalue weighted by atomic mass is 32.2. The summed E-state index contributed by atoms with van der Waals surface area (Å²) in [5.74, 6) is 0. The van der Waals surface area contributed by atoms with Gasteiger partial charge in [-0.25, -0.2) is 18.4 Å². The third-order valence-corrected chi connectivity index (χ3v) is 3.88. The Morgan fingerprint density at radius 2 is 2.07 bits per heavy atom. The predicted molar refractivity (Wildman–Crippen MR) is 55.6 cm³/mol. The van der Waals surface area contributed by atoms with E-state index in [0.29, 0.717) is 6.54 Å². The molecule has 1 fully saturated rings. The lowest BCUT2D eigenvalue weighted by atomic mass is 10.1. The zero-order chi connectivity index (χ0) is 10.9. The minimum Gasteiger partial charge on any atom is -0.244 e. The van der Waals surface area contributed by atoms with Crippen molar-refractivity contribution in [3.63, 3.8) is 0 Å². The van der Waals surface area contributed by atoms with Gasteiger partial charge < -0.3 is 0 Å². The summed E-state index contributed by atoms with van der Waals surface area (Å²) in [6.45, 7) is 0.596. The number of sulfonamides is 1. The molecule has 1 aliphatic heterocycles. The van der Waals surface area contributed by atoms with Crippen LogP contribution in [0.15, 0.2) is 18.7 Å². The summed E-state index contributed by atoms with van der Waals surface area (Å²) in [5, 5.41) is 0. The van der Waals surface area contributed by atoms with Gasteiger partial charge in [-0.05, 0) is 12.8 Å². The van der Waals surface area contributed by atoms with E-state index in [1.165, 1.54) is 16.9 Å². The summed E-state index contributed by atoms with van der Waals surface area (Å²) in [6.07, 6.45) is 7.80. The van der Waals surface area contributed by atoms with Crippen LogP contribution in [0, 0.1) is 0 Å². The molecule has 5 nitrogen and oxygen atoms in total. The topological polar surface area (TPSA) is 63.2 Å². The summed E-state index contributed by atoms with van der Waals surface area (Å²) in [7, 11) is -3.12. The molecular weight excluding hydrogens is 214 g/mol. The summed E-state index contributed by atoms with van der Waals surface area (Å²) in [4.78, 5) is 7.83. The molecule has 82 valence electrons. The monoisotopic (exact) mass is 227 g/mol. The molecule has 15 heavy (non-hydrogen) atoms. The normalized spacial score (nSPS) is 23.1. The Bertz CT molecular complexity index is 432. The van der Waals surface area contributed by atoms with Crippen LogP contribution in [0.5, 0.6) is 0 Å². The summed E-state index contributed by atoms with van der Waals surface area (Å²) < 4.78 is 24.5. The van der Waals surface area contributed by atoms with Crippen LogP contribution in [0.25, 0.3) is 0 Å². The maximum Gasteiger partial charge on any atom is 0.211 e. The van der Waals surface area contributed by atoms with Crippen LogP contribution in [0.2, 0.25) is 0 Å². The smallest absolute Gasteiger partial charge is 0.211 e. The number of rotatable bonds is 2. The van der Waals surface area contributed by atoms with Gasteiger partial charge in [0.1, 0.15) is 6.33 Å². The molecular formula is C9H13N3O2S. The van der Waals surface area contributed by atoms with Gasteiger partial charge in [0, 0.05) is 24.5 Å². The largest absolute Gasteiger partial charge is 0.244 e. The first-order valence-corrected chi connectivity index (χ1v) is 6.65. The van der Waals surface area contributed by atoms with E-state index in [9.17, 15) is 8.42 Å². The fourth-order valence-electron chi connectivity index (χ4n) is 1.95.